The molecule has 0 aromatic carbocycles. The van der Waals surface area contributed by atoms with Crippen LogP contribution in [0.15, 0.2) is 12.7 Å². The van der Waals surface area contributed by atoms with Gasteiger partial charge in [0.2, 0.25) is 0 Å². The van der Waals surface area contributed by atoms with Gasteiger partial charge in [-0.15, -0.1) is 6.58 Å². The molecule has 0 amide bonds. The molecule has 3 atom stereocenters. The first-order valence-electron chi connectivity index (χ1n) is 3.87. The summed E-state index contributed by atoms with van der Waals surface area (Å²) in [5.74, 6) is 0. The molecule has 2 rings (SSSR count). The van der Waals surface area contributed by atoms with Gasteiger partial charge in [-0.25, -0.2) is 0 Å². The van der Waals surface area contributed by atoms with Crippen LogP contribution in [0.25, 0.3) is 0 Å². The second kappa shape index (κ2) is 2.93. The van der Waals surface area contributed by atoms with Crippen LogP contribution in [0.3, 0.4) is 0 Å². The van der Waals surface area contributed by atoms with Crippen molar-refractivity contribution in [3.8, 4) is 0 Å². The van der Waals surface area contributed by atoms with Crippen LogP contribution >= 0.6 is 0 Å². The van der Waals surface area contributed by atoms with Gasteiger partial charge in [0.15, 0.2) is 0 Å². The number of hydrogen-bond acceptors (Lipinski definition) is 3. The average molecular weight is 156 g/mol. The molecule has 0 bridgehead atoms. The fourth-order valence-electron chi connectivity index (χ4n) is 0.955. The van der Waals surface area contributed by atoms with Crippen molar-refractivity contribution in [3.63, 3.8) is 0 Å². The summed E-state index contributed by atoms with van der Waals surface area (Å²) >= 11 is 0. The maximum absolute atomic E-state index is 5.47. The van der Waals surface area contributed by atoms with Gasteiger partial charge in [0.25, 0.3) is 0 Å². The van der Waals surface area contributed by atoms with Gasteiger partial charge in [0.05, 0.1) is 19.8 Å². The molecule has 0 spiro atoms. The number of rotatable bonds is 5. The molecule has 11 heavy (non-hydrogen) atoms. The molecule has 2 heterocycles. The van der Waals surface area contributed by atoms with Crippen molar-refractivity contribution in [2.75, 3.05) is 19.8 Å². The molecule has 3 heteroatoms. The first-order chi connectivity index (χ1) is 5.40. The van der Waals surface area contributed by atoms with E-state index in [2.05, 4.69) is 6.58 Å². The third-order valence-electron chi connectivity index (χ3n) is 1.83. The Balaban J connectivity index is 1.67. The third-order valence-corrected chi connectivity index (χ3v) is 1.83. The highest BCUT2D eigenvalue weighted by atomic mass is 16.6. The Kier molecular flexibility index (Phi) is 1.94. The minimum atomic E-state index is 0.0687. The lowest BCUT2D eigenvalue weighted by atomic mass is 10.3. The van der Waals surface area contributed by atoms with E-state index in [0.717, 1.165) is 13.2 Å². The zero-order valence-corrected chi connectivity index (χ0v) is 6.36. The normalized spacial score (nSPS) is 36.4. The predicted molar refractivity (Wildman–Crippen MR) is 39.4 cm³/mol. The van der Waals surface area contributed by atoms with Gasteiger partial charge in [-0.1, -0.05) is 6.08 Å². The summed E-state index contributed by atoms with van der Waals surface area (Å²) in [5.41, 5.74) is 0. The predicted octanol–water partition coefficient (Wildman–Crippen LogP) is 0.355. The molecule has 0 aliphatic carbocycles. The molecule has 2 saturated heterocycles. The molecule has 0 aromatic heterocycles. The quantitative estimate of drug-likeness (QED) is 0.425. The molecule has 2 aliphatic rings. The van der Waals surface area contributed by atoms with Crippen molar-refractivity contribution < 1.29 is 14.2 Å². The van der Waals surface area contributed by atoms with E-state index in [1.54, 1.807) is 6.08 Å². The summed E-state index contributed by atoms with van der Waals surface area (Å²) < 4.78 is 15.6. The maximum atomic E-state index is 5.47. The van der Waals surface area contributed by atoms with Crippen molar-refractivity contribution in [3.05, 3.63) is 12.7 Å². The van der Waals surface area contributed by atoms with Gasteiger partial charge in [0.1, 0.15) is 18.3 Å². The second-order valence-corrected chi connectivity index (χ2v) is 2.86. The Bertz CT molecular complexity index is 149. The van der Waals surface area contributed by atoms with Gasteiger partial charge < -0.3 is 14.2 Å². The molecule has 2 fully saturated rings. The molecule has 3 unspecified atom stereocenters. The van der Waals surface area contributed by atoms with Crippen LogP contribution in [0.4, 0.5) is 0 Å². The van der Waals surface area contributed by atoms with Crippen molar-refractivity contribution >= 4 is 0 Å². The largest absolute Gasteiger partial charge is 0.371 e. The van der Waals surface area contributed by atoms with Crippen LogP contribution in [-0.2, 0) is 14.2 Å². The van der Waals surface area contributed by atoms with Crippen LogP contribution in [0.1, 0.15) is 0 Å². The fraction of sp³-hybridized carbons (Fsp3) is 0.750. The molecule has 0 N–H and O–H groups in total. The second-order valence-electron chi connectivity index (χ2n) is 2.86. The topological polar surface area (TPSA) is 34.3 Å². The molecule has 0 aromatic rings. The van der Waals surface area contributed by atoms with Crippen molar-refractivity contribution in [2.24, 2.45) is 0 Å². The van der Waals surface area contributed by atoms with E-state index in [-0.39, 0.29) is 12.2 Å². The van der Waals surface area contributed by atoms with Crippen molar-refractivity contribution in [2.45, 2.75) is 18.3 Å². The lowest BCUT2D eigenvalue weighted by Gasteiger charge is -2.08. The Hall–Kier alpha value is -0.380. The number of hydrogen-bond donors (Lipinski definition) is 0. The minimum Gasteiger partial charge on any atom is -0.371 e. The Labute approximate surface area is 65.9 Å². The van der Waals surface area contributed by atoms with Crippen LogP contribution in [0, 0.1) is 0 Å². The van der Waals surface area contributed by atoms with Crippen molar-refractivity contribution in [1.29, 1.82) is 0 Å². The van der Waals surface area contributed by atoms with E-state index in [1.165, 1.54) is 0 Å². The fourth-order valence-corrected chi connectivity index (χ4v) is 0.955. The molecule has 62 valence electrons. The highest BCUT2D eigenvalue weighted by Gasteiger charge is 2.33. The van der Waals surface area contributed by atoms with Crippen molar-refractivity contribution in [1.82, 2.24) is 0 Å². The average Bonchev–Trinajstić information content (AvgIpc) is 2.85. The first-order valence-corrected chi connectivity index (χ1v) is 3.87. The van der Waals surface area contributed by atoms with Gasteiger partial charge >= 0.3 is 0 Å². The van der Waals surface area contributed by atoms with Gasteiger partial charge in [-0.3, -0.25) is 0 Å². The Morgan fingerprint density at radius 1 is 1.55 bits per heavy atom. The van der Waals surface area contributed by atoms with E-state index in [9.17, 15) is 0 Å². The molecule has 3 nitrogen and oxygen atoms in total. The summed E-state index contributed by atoms with van der Waals surface area (Å²) in [4.78, 5) is 0. The summed E-state index contributed by atoms with van der Waals surface area (Å²) in [6.07, 6.45) is 2.45. The lowest BCUT2D eigenvalue weighted by molar-refractivity contribution is 0.0541. The first kappa shape index (κ1) is 7.28. The highest BCUT2D eigenvalue weighted by molar-refractivity contribution is 4.93. The summed E-state index contributed by atoms with van der Waals surface area (Å²) in [6.45, 7) is 6.00. The lowest BCUT2D eigenvalue weighted by Crippen LogP contribution is -2.19. The summed E-state index contributed by atoms with van der Waals surface area (Å²) in [6, 6.07) is 0. The van der Waals surface area contributed by atoms with Crippen LogP contribution in [0.5, 0.6) is 0 Å². The van der Waals surface area contributed by atoms with Crippen LogP contribution in [0.2, 0.25) is 0 Å². The van der Waals surface area contributed by atoms with Gasteiger partial charge in [-0.05, 0) is 0 Å². The molecular formula is C8H12O3. The number of ether oxygens (including phenoxy) is 3. The standard InChI is InChI=1S/C8H12O3/c1-2-7(8-5-11-8)10-4-6-3-9-6/h2,6-8H,1,3-5H2. The van der Waals surface area contributed by atoms with Gasteiger partial charge in [0, 0.05) is 0 Å². The molecule has 0 radical (unpaired) electrons. The van der Waals surface area contributed by atoms with E-state index in [1.807, 2.05) is 0 Å². The third kappa shape index (κ3) is 2.02. The molecular weight excluding hydrogens is 144 g/mol. The number of epoxide rings is 2. The van der Waals surface area contributed by atoms with Crippen LogP contribution in [-0.4, -0.2) is 38.1 Å². The summed E-state index contributed by atoms with van der Waals surface area (Å²) in [7, 11) is 0. The Morgan fingerprint density at radius 2 is 2.27 bits per heavy atom. The SMILES string of the molecule is C=CC(OCC1CO1)C1CO1. The summed E-state index contributed by atoms with van der Waals surface area (Å²) in [5, 5.41) is 0. The monoisotopic (exact) mass is 156 g/mol. The van der Waals surface area contributed by atoms with E-state index in [0.29, 0.717) is 12.7 Å². The van der Waals surface area contributed by atoms with E-state index in [4.69, 9.17) is 14.2 Å². The maximum Gasteiger partial charge on any atom is 0.111 e. The van der Waals surface area contributed by atoms with Gasteiger partial charge in [-0.2, -0.15) is 0 Å². The highest BCUT2D eigenvalue weighted by Crippen LogP contribution is 2.19. The zero-order valence-electron chi connectivity index (χ0n) is 6.36. The zero-order chi connectivity index (χ0) is 7.68. The minimum absolute atomic E-state index is 0.0687. The molecule has 2 aliphatic heterocycles. The Morgan fingerprint density at radius 3 is 2.73 bits per heavy atom. The molecule has 0 saturated carbocycles. The smallest absolute Gasteiger partial charge is 0.111 e. The van der Waals surface area contributed by atoms with Crippen LogP contribution < -0.4 is 0 Å². The van der Waals surface area contributed by atoms with E-state index >= 15 is 0 Å². The van der Waals surface area contributed by atoms with E-state index < -0.39 is 0 Å².